The lowest BCUT2D eigenvalue weighted by Gasteiger charge is -2.17. The lowest BCUT2D eigenvalue weighted by molar-refractivity contribution is -0.127. The summed E-state index contributed by atoms with van der Waals surface area (Å²) < 4.78 is 5.80. The van der Waals surface area contributed by atoms with Crippen LogP contribution in [0, 0.1) is 5.92 Å². The number of amides is 2. The van der Waals surface area contributed by atoms with Crippen molar-refractivity contribution in [3.05, 3.63) is 65.7 Å². The van der Waals surface area contributed by atoms with Crippen molar-refractivity contribution in [1.82, 2.24) is 5.32 Å². The van der Waals surface area contributed by atoms with Gasteiger partial charge in [-0.1, -0.05) is 56.3 Å². The molecule has 1 atom stereocenters. The highest BCUT2D eigenvalue weighted by Gasteiger charge is 2.19. The molecular weight excluding hydrogens is 328 g/mol. The third kappa shape index (κ3) is 6.59. The van der Waals surface area contributed by atoms with Crippen molar-refractivity contribution in [2.24, 2.45) is 11.7 Å². The van der Waals surface area contributed by atoms with Gasteiger partial charge in [0.05, 0.1) is 0 Å². The SMILES string of the molecule is CC(C)CC(=O)N[C@H](Cc1cccc(OCc2ccccc2)c1)C(N)=O. The predicted octanol–water partition coefficient (Wildman–Crippen LogP) is 2.82. The summed E-state index contributed by atoms with van der Waals surface area (Å²) in [4.78, 5) is 23.6. The molecule has 2 rings (SSSR count). The van der Waals surface area contributed by atoms with E-state index in [2.05, 4.69) is 5.32 Å². The molecule has 26 heavy (non-hydrogen) atoms. The van der Waals surface area contributed by atoms with Gasteiger partial charge in [0.15, 0.2) is 0 Å². The zero-order valence-electron chi connectivity index (χ0n) is 15.3. The molecule has 0 aliphatic heterocycles. The molecule has 0 aromatic heterocycles. The van der Waals surface area contributed by atoms with E-state index in [0.29, 0.717) is 25.2 Å². The molecule has 0 fully saturated rings. The second kappa shape index (κ2) is 9.61. The van der Waals surface area contributed by atoms with Crippen LogP contribution in [-0.2, 0) is 22.6 Å². The maximum atomic E-state index is 11.9. The Bertz CT molecular complexity index is 729. The monoisotopic (exact) mass is 354 g/mol. The predicted molar refractivity (Wildman–Crippen MR) is 102 cm³/mol. The molecule has 0 saturated heterocycles. The zero-order valence-corrected chi connectivity index (χ0v) is 15.3. The van der Waals surface area contributed by atoms with Crippen LogP contribution >= 0.6 is 0 Å². The number of carbonyl (C=O) groups excluding carboxylic acids is 2. The first-order valence-corrected chi connectivity index (χ1v) is 8.78. The average Bonchev–Trinajstić information content (AvgIpc) is 2.60. The minimum absolute atomic E-state index is 0.166. The van der Waals surface area contributed by atoms with Crippen LogP contribution in [0.1, 0.15) is 31.4 Å². The molecule has 3 N–H and O–H groups in total. The standard InChI is InChI=1S/C21H26N2O3/c1-15(2)11-20(24)23-19(21(22)25)13-17-9-6-10-18(12-17)26-14-16-7-4-3-5-8-16/h3-10,12,15,19H,11,13-14H2,1-2H3,(H2,22,25)(H,23,24)/t19-/m1/s1. The Morgan fingerprint density at radius 2 is 1.73 bits per heavy atom. The molecule has 2 aromatic rings. The van der Waals surface area contributed by atoms with Crippen molar-refractivity contribution < 1.29 is 14.3 Å². The van der Waals surface area contributed by atoms with Crippen LogP contribution in [0.2, 0.25) is 0 Å². The first-order chi connectivity index (χ1) is 12.4. The Balaban J connectivity index is 1.98. The summed E-state index contributed by atoms with van der Waals surface area (Å²) in [6.07, 6.45) is 0.700. The summed E-state index contributed by atoms with van der Waals surface area (Å²) in [6, 6.07) is 16.6. The number of primary amides is 1. The average molecular weight is 354 g/mol. The van der Waals surface area contributed by atoms with Gasteiger partial charge in [0, 0.05) is 12.8 Å². The Morgan fingerprint density at radius 3 is 2.38 bits per heavy atom. The molecule has 5 nitrogen and oxygen atoms in total. The summed E-state index contributed by atoms with van der Waals surface area (Å²) in [5.74, 6) is 0.222. The largest absolute Gasteiger partial charge is 0.489 e. The first-order valence-electron chi connectivity index (χ1n) is 8.78. The fourth-order valence-electron chi connectivity index (χ4n) is 2.59. The topological polar surface area (TPSA) is 81.4 Å². The molecule has 0 bridgehead atoms. The molecule has 0 spiro atoms. The number of benzene rings is 2. The van der Waals surface area contributed by atoms with E-state index < -0.39 is 11.9 Å². The van der Waals surface area contributed by atoms with Crippen molar-refractivity contribution >= 4 is 11.8 Å². The van der Waals surface area contributed by atoms with Crippen LogP contribution in [0.3, 0.4) is 0 Å². The molecule has 0 radical (unpaired) electrons. The molecule has 0 aliphatic carbocycles. The maximum absolute atomic E-state index is 11.9. The fraction of sp³-hybridized carbons (Fsp3) is 0.333. The maximum Gasteiger partial charge on any atom is 0.240 e. The molecule has 138 valence electrons. The van der Waals surface area contributed by atoms with Gasteiger partial charge in [0.2, 0.25) is 11.8 Å². The number of nitrogens with two attached hydrogens (primary N) is 1. The molecule has 0 heterocycles. The van der Waals surface area contributed by atoms with Crippen LogP contribution in [-0.4, -0.2) is 17.9 Å². The van der Waals surface area contributed by atoms with Crippen molar-refractivity contribution in [3.8, 4) is 5.75 Å². The summed E-state index contributed by atoms with van der Waals surface area (Å²) in [5.41, 5.74) is 7.41. The van der Waals surface area contributed by atoms with Crippen LogP contribution in [0.15, 0.2) is 54.6 Å². The third-order valence-electron chi connectivity index (χ3n) is 3.86. The van der Waals surface area contributed by atoms with Crippen LogP contribution in [0.25, 0.3) is 0 Å². The van der Waals surface area contributed by atoms with E-state index in [4.69, 9.17) is 10.5 Å². The van der Waals surface area contributed by atoms with Crippen LogP contribution in [0.5, 0.6) is 5.75 Å². The summed E-state index contributed by atoms with van der Waals surface area (Å²) in [7, 11) is 0. The van der Waals surface area contributed by atoms with E-state index in [1.54, 1.807) is 0 Å². The normalized spacial score (nSPS) is 11.8. The number of hydrogen-bond acceptors (Lipinski definition) is 3. The molecule has 0 saturated carbocycles. The minimum atomic E-state index is -0.731. The van der Waals surface area contributed by atoms with E-state index in [0.717, 1.165) is 11.1 Å². The van der Waals surface area contributed by atoms with Gasteiger partial charge >= 0.3 is 0 Å². The fourth-order valence-corrected chi connectivity index (χ4v) is 2.59. The van der Waals surface area contributed by atoms with Crippen molar-refractivity contribution in [1.29, 1.82) is 0 Å². The Kier molecular flexibility index (Phi) is 7.21. The number of carbonyl (C=O) groups is 2. The van der Waals surface area contributed by atoms with Gasteiger partial charge in [-0.05, 0) is 29.2 Å². The minimum Gasteiger partial charge on any atom is -0.489 e. The van der Waals surface area contributed by atoms with E-state index in [1.165, 1.54) is 0 Å². The van der Waals surface area contributed by atoms with Crippen molar-refractivity contribution in [2.75, 3.05) is 0 Å². The Hall–Kier alpha value is -2.82. The van der Waals surface area contributed by atoms with E-state index in [9.17, 15) is 9.59 Å². The van der Waals surface area contributed by atoms with E-state index in [-0.39, 0.29) is 11.8 Å². The smallest absolute Gasteiger partial charge is 0.240 e. The van der Waals surface area contributed by atoms with Gasteiger partial charge in [-0.25, -0.2) is 0 Å². The van der Waals surface area contributed by atoms with Crippen molar-refractivity contribution in [3.63, 3.8) is 0 Å². The lowest BCUT2D eigenvalue weighted by Crippen LogP contribution is -2.46. The highest BCUT2D eigenvalue weighted by Crippen LogP contribution is 2.16. The molecular formula is C21H26N2O3. The van der Waals surface area contributed by atoms with Crippen LogP contribution in [0.4, 0.5) is 0 Å². The molecule has 0 unspecified atom stereocenters. The number of ether oxygens (including phenoxy) is 1. The summed E-state index contributed by atoms with van der Waals surface area (Å²) in [6.45, 7) is 4.37. The zero-order chi connectivity index (χ0) is 18.9. The van der Waals surface area contributed by atoms with Gasteiger partial charge in [-0.2, -0.15) is 0 Å². The molecule has 5 heteroatoms. The summed E-state index contributed by atoms with van der Waals surface area (Å²) in [5, 5.41) is 2.72. The second-order valence-electron chi connectivity index (χ2n) is 6.75. The lowest BCUT2D eigenvalue weighted by atomic mass is 10.0. The quantitative estimate of drug-likeness (QED) is 0.726. The molecule has 2 aromatic carbocycles. The van der Waals surface area contributed by atoms with Gasteiger partial charge < -0.3 is 15.8 Å². The van der Waals surface area contributed by atoms with Gasteiger partial charge in [0.1, 0.15) is 18.4 Å². The Morgan fingerprint density at radius 1 is 1.04 bits per heavy atom. The van der Waals surface area contributed by atoms with Gasteiger partial charge in [-0.3, -0.25) is 9.59 Å². The van der Waals surface area contributed by atoms with Crippen LogP contribution < -0.4 is 15.8 Å². The highest BCUT2D eigenvalue weighted by molar-refractivity contribution is 5.86. The highest BCUT2D eigenvalue weighted by atomic mass is 16.5. The number of hydrogen-bond donors (Lipinski definition) is 2. The van der Waals surface area contributed by atoms with E-state index >= 15 is 0 Å². The number of nitrogens with one attached hydrogen (secondary N) is 1. The van der Waals surface area contributed by atoms with Gasteiger partial charge in [0.25, 0.3) is 0 Å². The second-order valence-corrected chi connectivity index (χ2v) is 6.75. The molecule has 0 aliphatic rings. The first kappa shape index (κ1) is 19.5. The number of rotatable bonds is 9. The van der Waals surface area contributed by atoms with Gasteiger partial charge in [-0.15, -0.1) is 0 Å². The van der Waals surface area contributed by atoms with E-state index in [1.807, 2.05) is 68.4 Å². The molecule has 2 amide bonds. The van der Waals surface area contributed by atoms with Crippen molar-refractivity contribution in [2.45, 2.75) is 39.3 Å². The summed E-state index contributed by atoms with van der Waals surface area (Å²) >= 11 is 0. The third-order valence-corrected chi connectivity index (χ3v) is 3.86. The Labute approximate surface area is 154 Å².